The molecule has 2 aromatic heterocycles. The van der Waals surface area contributed by atoms with Gasteiger partial charge in [0.2, 0.25) is 0 Å². The van der Waals surface area contributed by atoms with Crippen molar-refractivity contribution in [1.82, 2.24) is 19.6 Å². The molecule has 0 spiro atoms. The number of thiazole rings is 1. The van der Waals surface area contributed by atoms with Crippen LogP contribution in [-0.2, 0) is 17.5 Å². The van der Waals surface area contributed by atoms with E-state index in [-0.39, 0.29) is 24.0 Å². The Morgan fingerprint density at radius 1 is 1.39 bits per heavy atom. The van der Waals surface area contributed by atoms with Gasteiger partial charge in [-0.25, -0.2) is 9.98 Å². The lowest BCUT2D eigenvalue weighted by Gasteiger charge is -2.35. The Hall–Kier alpha value is -1.86. The second kappa shape index (κ2) is 10.2. The van der Waals surface area contributed by atoms with Gasteiger partial charge in [0.15, 0.2) is 10.9 Å². The number of hydrogen-bond donors (Lipinski definition) is 1. The van der Waals surface area contributed by atoms with Gasteiger partial charge in [-0.2, -0.15) is 13.2 Å². The predicted octanol–water partition coefficient (Wildman–Crippen LogP) is 4.57. The number of fused-ring (bicyclic) bond motifs is 1. The first-order chi connectivity index (χ1) is 14.4. The number of nitrogens with zero attached hydrogens (tertiary/aromatic N) is 4. The van der Waals surface area contributed by atoms with Crippen LogP contribution in [0.15, 0.2) is 47.0 Å². The van der Waals surface area contributed by atoms with Crippen LogP contribution in [0.2, 0.25) is 0 Å². The summed E-state index contributed by atoms with van der Waals surface area (Å²) in [6.07, 6.45) is -0.932. The molecule has 3 heterocycles. The third kappa shape index (κ3) is 5.69. The van der Waals surface area contributed by atoms with Crippen LogP contribution < -0.4 is 5.32 Å². The van der Waals surface area contributed by atoms with E-state index in [0.29, 0.717) is 44.3 Å². The van der Waals surface area contributed by atoms with Crippen molar-refractivity contribution in [2.24, 2.45) is 4.99 Å². The third-order valence-electron chi connectivity index (χ3n) is 4.82. The lowest BCUT2D eigenvalue weighted by Crippen LogP contribution is -2.48. The van der Waals surface area contributed by atoms with Crippen molar-refractivity contribution in [1.29, 1.82) is 0 Å². The molecule has 0 aliphatic carbocycles. The molecule has 0 amide bonds. The summed E-state index contributed by atoms with van der Waals surface area (Å²) in [5.41, 5.74) is 0.709. The van der Waals surface area contributed by atoms with Crippen LogP contribution in [0.5, 0.6) is 0 Å². The van der Waals surface area contributed by atoms with E-state index in [4.69, 9.17) is 9.73 Å². The van der Waals surface area contributed by atoms with Crippen molar-refractivity contribution >= 4 is 46.2 Å². The lowest BCUT2D eigenvalue weighted by molar-refractivity contribution is -0.137. The number of ether oxygens (including phenoxy) is 1. The minimum atomic E-state index is -4.38. The van der Waals surface area contributed by atoms with Gasteiger partial charge in [0.25, 0.3) is 0 Å². The number of imidazole rings is 1. The summed E-state index contributed by atoms with van der Waals surface area (Å²) in [5.74, 6) is 0.703. The van der Waals surface area contributed by atoms with Gasteiger partial charge >= 0.3 is 6.18 Å². The fourth-order valence-corrected chi connectivity index (χ4v) is 4.11. The van der Waals surface area contributed by atoms with Gasteiger partial charge in [-0.3, -0.25) is 4.40 Å². The van der Waals surface area contributed by atoms with Crippen molar-refractivity contribution < 1.29 is 17.9 Å². The standard InChI is InChI=1S/C20H22F3N5OS.HI/c1-2-24-18(25-11-16-12-28-7-9-30-19(28)26-16)27-6-8-29-17(13-27)14-4-3-5-15(10-14)20(21,22)23;/h3-5,7,9-10,12,17H,2,6,8,11,13H2,1H3,(H,24,25);1H. The summed E-state index contributed by atoms with van der Waals surface area (Å²) in [4.78, 5) is 12.2. The highest BCUT2D eigenvalue weighted by molar-refractivity contribution is 14.0. The molecule has 0 radical (unpaired) electrons. The number of aromatic nitrogens is 2. The Morgan fingerprint density at radius 2 is 2.23 bits per heavy atom. The first kappa shape index (κ1) is 23.8. The molecule has 1 N–H and O–H groups in total. The van der Waals surface area contributed by atoms with Crippen molar-refractivity contribution in [2.75, 3.05) is 26.2 Å². The normalized spacial score (nSPS) is 17.6. The number of aliphatic imine (C=N–C) groups is 1. The topological polar surface area (TPSA) is 54.2 Å². The number of nitrogens with one attached hydrogen (secondary N) is 1. The third-order valence-corrected chi connectivity index (χ3v) is 5.59. The van der Waals surface area contributed by atoms with E-state index < -0.39 is 17.8 Å². The van der Waals surface area contributed by atoms with Gasteiger partial charge in [0.1, 0.15) is 6.10 Å². The lowest BCUT2D eigenvalue weighted by atomic mass is 10.0. The Bertz CT molecular complexity index is 1010. The molecule has 11 heteroatoms. The number of benzene rings is 1. The number of hydrogen-bond acceptors (Lipinski definition) is 4. The molecule has 1 aliphatic rings. The smallest absolute Gasteiger partial charge is 0.370 e. The van der Waals surface area contributed by atoms with Crippen molar-refractivity contribution in [3.8, 4) is 0 Å². The molecule has 0 bridgehead atoms. The first-order valence-corrected chi connectivity index (χ1v) is 10.5. The maximum atomic E-state index is 13.1. The van der Waals surface area contributed by atoms with Gasteiger partial charge in [0.05, 0.1) is 31.0 Å². The molecule has 1 saturated heterocycles. The van der Waals surface area contributed by atoms with Crippen LogP contribution in [0.4, 0.5) is 13.2 Å². The van der Waals surface area contributed by atoms with E-state index in [1.165, 1.54) is 6.07 Å². The van der Waals surface area contributed by atoms with Crippen LogP contribution in [0.25, 0.3) is 4.96 Å². The average Bonchev–Trinajstić information content (AvgIpc) is 3.32. The van der Waals surface area contributed by atoms with Gasteiger partial charge in [0, 0.05) is 30.9 Å². The average molecular weight is 565 g/mol. The van der Waals surface area contributed by atoms with Gasteiger partial charge in [-0.05, 0) is 24.6 Å². The van der Waals surface area contributed by atoms with E-state index in [1.807, 2.05) is 34.0 Å². The summed E-state index contributed by atoms with van der Waals surface area (Å²) >= 11 is 1.56. The largest absolute Gasteiger partial charge is 0.416 e. The maximum absolute atomic E-state index is 13.1. The number of guanidine groups is 1. The Kier molecular flexibility index (Phi) is 7.81. The second-order valence-electron chi connectivity index (χ2n) is 6.92. The van der Waals surface area contributed by atoms with Crippen LogP contribution in [0.1, 0.15) is 29.8 Å². The van der Waals surface area contributed by atoms with Gasteiger partial charge < -0.3 is 15.0 Å². The summed E-state index contributed by atoms with van der Waals surface area (Å²) in [6.45, 7) is 4.52. The highest BCUT2D eigenvalue weighted by atomic mass is 127. The van der Waals surface area contributed by atoms with Crippen molar-refractivity contribution in [3.63, 3.8) is 0 Å². The summed E-state index contributed by atoms with van der Waals surface area (Å²) in [6, 6.07) is 5.33. The molecule has 1 aromatic carbocycles. The first-order valence-electron chi connectivity index (χ1n) is 9.67. The molecule has 168 valence electrons. The van der Waals surface area contributed by atoms with Gasteiger partial charge in [-0.1, -0.05) is 12.1 Å². The summed E-state index contributed by atoms with van der Waals surface area (Å²) in [5, 5.41) is 5.24. The molecule has 31 heavy (non-hydrogen) atoms. The molecule has 1 atom stereocenters. The van der Waals surface area contributed by atoms with Crippen LogP contribution in [0, 0.1) is 0 Å². The Labute approximate surface area is 199 Å². The fraction of sp³-hybridized carbons (Fsp3) is 0.400. The SMILES string of the molecule is CCNC(=NCc1cn2ccsc2n1)N1CCOC(c2cccc(C(F)(F)F)c2)C1.I. The van der Waals surface area contributed by atoms with E-state index in [2.05, 4.69) is 10.3 Å². The van der Waals surface area contributed by atoms with Crippen LogP contribution in [-0.4, -0.2) is 46.5 Å². The maximum Gasteiger partial charge on any atom is 0.416 e. The van der Waals surface area contributed by atoms with Crippen molar-refractivity contribution in [2.45, 2.75) is 25.7 Å². The second-order valence-corrected chi connectivity index (χ2v) is 7.80. The number of halogens is 4. The molecule has 0 saturated carbocycles. The molecule has 3 aromatic rings. The van der Waals surface area contributed by atoms with Crippen LogP contribution >= 0.6 is 35.3 Å². The van der Waals surface area contributed by atoms with E-state index in [0.717, 1.165) is 22.8 Å². The predicted molar refractivity (Wildman–Crippen MR) is 125 cm³/mol. The zero-order chi connectivity index (χ0) is 21.1. The van der Waals surface area contributed by atoms with E-state index in [1.54, 1.807) is 17.4 Å². The number of rotatable bonds is 4. The molecule has 1 unspecified atom stereocenters. The zero-order valence-electron chi connectivity index (χ0n) is 16.8. The molecule has 6 nitrogen and oxygen atoms in total. The molecular formula is C20H23F3IN5OS. The molecule has 4 rings (SSSR count). The van der Waals surface area contributed by atoms with E-state index >= 15 is 0 Å². The fourth-order valence-electron chi connectivity index (χ4n) is 3.39. The van der Waals surface area contributed by atoms with Crippen LogP contribution in [0.3, 0.4) is 0 Å². The highest BCUT2D eigenvalue weighted by Crippen LogP contribution is 2.32. The number of morpholine rings is 1. The highest BCUT2D eigenvalue weighted by Gasteiger charge is 2.32. The molecule has 1 aliphatic heterocycles. The minimum Gasteiger partial charge on any atom is -0.370 e. The Morgan fingerprint density at radius 3 is 2.97 bits per heavy atom. The zero-order valence-corrected chi connectivity index (χ0v) is 19.9. The quantitative estimate of drug-likeness (QED) is 0.286. The summed E-state index contributed by atoms with van der Waals surface area (Å²) < 4.78 is 46.9. The molecular weight excluding hydrogens is 542 g/mol. The van der Waals surface area contributed by atoms with Gasteiger partial charge in [-0.15, -0.1) is 35.3 Å². The number of alkyl halides is 3. The van der Waals surface area contributed by atoms with E-state index in [9.17, 15) is 13.2 Å². The van der Waals surface area contributed by atoms with Crippen molar-refractivity contribution in [3.05, 3.63) is 58.9 Å². The Balaban J connectivity index is 0.00000272. The molecule has 1 fully saturated rings. The minimum absolute atomic E-state index is 0. The summed E-state index contributed by atoms with van der Waals surface area (Å²) in [7, 11) is 0. The monoisotopic (exact) mass is 565 g/mol.